The molecule has 0 aliphatic heterocycles. The number of anilines is 1. The van der Waals surface area contributed by atoms with Crippen LogP contribution in [-0.4, -0.2) is 37.1 Å². The molecule has 0 amide bonds. The Morgan fingerprint density at radius 1 is 1.53 bits per heavy atom. The van der Waals surface area contributed by atoms with E-state index in [1.165, 1.54) is 6.33 Å². The third kappa shape index (κ3) is 1.81. The number of hydrogen-bond donors (Lipinski definition) is 3. The Hall–Kier alpha value is -2.18. The first-order valence-corrected chi connectivity index (χ1v) is 6.25. The van der Waals surface area contributed by atoms with Crippen molar-refractivity contribution in [3.63, 3.8) is 0 Å². The summed E-state index contributed by atoms with van der Waals surface area (Å²) in [5, 5.41) is 12.6. The van der Waals surface area contributed by atoms with E-state index in [4.69, 9.17) is 0 Å². The van der Waals surface area contributed by atoms with Crippen molar-refractivity contribution in [2.24, 2.45) is 5.41 Å². The Labute approximate surface area is 109 Å². The minimum Gasteiger partial charge on any atom is -0.481 e. The highest BCUT2D eigenvalue weighted by Crippen LogP contribution is 2.40. The number of nitrogens with zero attached hydrogens (tertiary/aromatic N) is 3. The monoisotopic (exact) mass is 261 g/mol. The van der Waals surface area contributed by atoms with Crippen molar-refractivity contribution in [3.05, 3.63) is 12.7 Å². The van der Waals surface area contributed by atoms with Crippen molar-refractivity contribution in [3.8, 4) is 0 Å². The van der Waals surface area contributed by atoms with Crippen molar-refractivity contribution >= 4 is 23.0 Å². The maximum absolute atomic E-state index is 11.4. The van der Waals surface area contributed by atoms with Gasteiger partial charge in [-0.05, 0) is 19.8 Å². The number of H-pyrrole nitrogens is 1. The molecule has 1 saturated carbocycles. The van der Waals surface area contributed by atoms with E-state index < -0.39 is 11.4 Å². The first-order valence-electron chi connectivity index (χ1n) is 6.25. The van der Waals surface area contributed by atoms with E-state index in [0.717, 1.165) is 12.8 Å². The summed E-state index contributed by atoms with van der Waals surface area (Å²) in [6.45, 7) is 1.78. The minimum atomic E-state index is -0.766. The normalized spacial score (nSPS) is 26.7. The highest BCUT2D eigenvalue weighted by molar-refractivity contribution is 5.83. The van der Waals surface area contributed by atoms with Crippen LogP contribution in [0.4, 0.5) is 5.82 Å². The van der Waals surface area contributed by atoms with Gasteiger partial charge in [-0.2, -0.15) is 0 Å². The summed E-state index contributed by atoms with van der Waals surface area (Å²) in [4.78, 5) is 26.7. The van der Waals surface area contributed by atoms with Gasteiger partial charge in [-0.15, -0.1) is 0 Å². The van der Waals surface area contributed by atoms with Crippen molar-refractivity contribution in [1.82, 2.24) is 19.9 Å². The fourth-order valence-corrected chi connectivity index (χ4v) is 2.69. The van der Waals surface area contributed by atoms with Crippen molar-refractivity contribution in [1.29, 1.82) is 0 Å². The molecule has 0 aromatic carbocycles. The third-order valence-corrected chi connectivity index (χ3v) is 3.98. The molecule has 0 radical (unpaired) electrons. The average Bonchev–Trinajstić information content (AvgIpc) is 2.98. The molecule has 2 atom stereocenters. The summed E-state index contributed by atoms with van der Waals surface area (Å²) < 4.78 is 0. The molecule has 1 aliphatic rings. The summed E-state index contributed by atoms with van der Waals surface area (Å²) >= 11 is 0. The van der Waals surface area contributed by atoms with Crippen LogP contribution in [0, 0.1) is 5.41 Å². The molecule has 19 heavy (non-hydrogen) atoms. The van der Waals surface area contributed by atoms with E-state index in [1.807, 2.05) is 0 Å². The lowest BCUT2D eigenvalue weighted by atomic mass is 9.85. The van der Waals surface area contributed by atoms with Crippen LogP contribution in [0.3, 0.4) is 0 Å². The van der Waals surface area contributed by atoms with Crippen LogP contribution in [0.15, 0.2) is 12.7 Å². The molecule has 1 aliphatic carbocycles. The number of nitrogens with one attached hydrogen (secondary N) is 2. The third-order valence-electron chi connectivity index (χ3n) is 3.98. The fraction of sp³-hybridized carbons (Fsp3) is 0.500. The molecule has 7 heteroatoms. The zero-order chi connectivity index (χ0) is 13.5. The topological polar surface area (TPSA) is 104 Å². The number of carboxylic acids is 1. The highest BCUT2D eigenvalue weighted by Gasteiger charge is 2.45. The minimum absolute atomic E-state index is 0.133. The van der Waals surface area contributed by atoms with E-state index in [0.29, 0.717) is 23.4 Å². The molecule has 3 rings (SSSR count). The lowest BCUT2D eigenvalue weighted by Gasteiger charge is -2.28. The van der Waals surface area contributed by atoms with Gasteiger partial charge in [-0.3, -0.25) is 4.79 Å². The molecule has 2 aromatic rings. The molecule has 0 spiro atoms. The van der Waals surface area contributed by atoms with E-state index >= 15 is 0 Å². The summed E-state index contributed by atoms with van der Waals surface area (Å²) in [6.07, 6.45) is 5.38. The highest BCUT2D eigenvalue weighted by atomic mass is 16.4. The fourth-order valence-electron chi connectivity index (χ4n) is 2.69. The van der Waals surface area contributed by atoms with Gasteiger partial charge < -0.3 is 15.4 Å². The molecule has 2 aromatic heterocycles. The molecule has 2 heterocycles. The molecular weight excluding hydrogens is 246 g/mol. The first kappa shape index (κ1) is 11.9. The average molecular weight is 261 g/mol. The second kappa shape index (κ2) is 4.18. The SMILES string of the molecule is CC1(C(=O)O)CCCC1Nc1ncnc2nc[nH]c12. The Balaban J connectivity index is 1.93. The standard InChI is InChI=1S/C12H15N5O2/c1-12(11(18)19)4-2-3-7(12)17-10-8-9(14-5-13-8)15-6-16-10/h5-7H,2-4H2,1H3,(H,18,19)(H2,13,14,15,16,17). The Morgan fingerprint density at radius 2 is 2.37 bits per heavy atom. The van der Waals surface area contributed by atoms with Crippen molar-refractivity contribution in [2.75, 3.05) is 5.32 Å². The summed E-state index contributed by atoms with van der Waals surface area (Å²) in [6, 6.07) is -0.133. The Bertz CT molecular complexity index is 625. The largest absolute Gasteiger partial charge is 0.481 e. The van der Waals surface area contributed by atoms with E-state index in [2.05, 4.69) is 25.3 Å². The molecule has 0 saturated heterocycles. The maximum Gasteiger partial charge on any atom is 0.311 e. The number of carboxylic acid groups (broad SMARTS) is 1. The summed E-state index contributed by atoms with van der Waals surface area (Å²) in [5.74, 6) is -0.153. The van der Waals surface area contributed by atoms with Gasteiger partial charge in [0.25, 0.3) is 0 Å². The quantitative estimate of drug-likeness (QED) is 0.771. The van der Waals surface area contributed by atoms with Gasteiger partial charge in [0.15, 0.2) is 11.5 Å². The molecule has 1 fully saturated rings. The Morgan fingerprint density at radius 3 is 3.16 bits per heavy atom. The molecule has 3 N–H and O–H groups in total. The van der Waals surface area contributed by atoms with Crippen LogP contribution in [0.25, 0.3) is 11.2 Å². The van der Waals surface area contributed by atoms with Crippen LogP contribution < -0.4 is 5.32 Å². The maximum atomic E-state index is 11.4. The van der Waals surface area contributed by atoms with Crippen LogP contribution in [0.1, 0.15) is 26.2 Å². The number of fused-ring (bicyclic) bond motifs is 1. The zero-order valence-corrected chi connectivity index (χ0v) is 10.6. The van der Waals surface area contributed by atoms with E-state index in [1.54, 1.807) is 13.3 Å². The number of rotatable bonds is 3. The van der Waals surface area contributed by atoms with Gasteiger partial charge in [-0.1, -0.05) is 6.42 Å². The van der Waals surface area contributed by atoms with Crippen LogP contribution >= 0.6 is 0 Å². The number of aromatic nitrogens is 4. The van der Waals surface area contributed by atoms with E-state index in [9.17, 15) is 9.90 Å². The van der Waals surface area contributed by atoms with Gasteiger partial charge in [0.05, 0.1) is 11.7 Å². The van der Waals surface area contributed by atoms with Gasteiger partial charge in [0.1, 0.15) is 11.8 Å². The molecule has 0 bridgehead atoms. The van der Waals surface area contributed by atoms with Crippen LogP contribution in [-0.2, 0) is 4.79 Å². The predicted molar refractivity (Wildman–Crippen MR) is 68.7 cm³/mol. The number of hydrogen-bond acceptors (Lipinski definition) is 5. The second-order valence-electron chi connectivity index (χ2n) is 5.14. The zero-order valence-electron chi connectivity index (χ0n) is 10.6. The van der Waals surface area contributed by atoms with Gasteiger partial charge in [0.2, 0.25) is 0 Å². The molecule has 7 nitrogen and oxygen atoms in total. The van der Waals surface area contributed by atoms with Crippen LogP contribution in [0.2, 0.25) is 0 Å². The molecule has 100 valence electrons. The van der Waals surface area contributed by atoms with Crippen molar-refractivity contribution < 1.29 is 9.90 Å². The lowest BCUT2D eigenvalue weighted by molar-refractivity contribution is -0.147. The smallest absolute Gasteiger partial charge is 0.311 e. The molecule has 2 unspecified atom stereocenters. The van der Waals surface area contributed by atoms with Crippen LogP contribution in [0.5, 0.6) is 0 Å². The summed E-state index contributed by atoms with van der Waals surface area (Å²) in [5.41, 5.74) is 0.534. The number of aromatic amines is 1. The van der Waals surface area contributed by atoms with Crippen molar-refractivity contribution in [2.45, 2.75) is 32.2 Å². The van der Waals surface area contributed by atoms with Gasteiger partial charge >= 0.3 is 5.97 Å². The number of carbonyl (C=O) groups is 1. The van der Waals surface area contributed by atoms with Gasteiger partial charge in [-0.25, -0.2) is 15.0 Å². The first-order chi connectivity index (χ1) is 9.11. The lowest BCUT2D eigenvalue weighted by Crippen LogP contribution is -2.40. The second-order valence-corrected chi connectivity index (χ2v) is 5.14. The van der Waals surface area contributed by atoms with E-state index in [-0.39, 0.29) is 6.04 Å². The number of aliphatic carboxylic acids is 1. The number of imidazole rings is 1. The van der Waals surface area contributed by atoms with Gasteiger partial charge in [0, 0.05) is 6.04 Å². The summed E-state index contributed by atoms with van der Waals surface area (Å²) in [7, 11) is 0. The predicted octanol–water partition coefficient (Wildman–Crippen LogP) is 1.41. The molecular formula is C12H15N5O2. The Kier molecular flexibility index (Phi) is 2.62.